The van der Waals surface area contributed by atoms with Gasteiger partial charge in [-0.25, -0.2) is 0 Å². The molecule has 2 aliphatic rings. The Hall–Kier alpha value is -0.170. The summed E-state index contributed by atoms with van der Waals surface area (Å²) in [5, 5.41) is 2.17. The van der Waals surface area contributed by atoms with E-state index in [1.165, 1.54) is 23.3 Å². The molecule has 0 saturated heterocycles. The first-order valence-electron chi connectivity index (χ1n) is 6.97. The molecule has 3 heterocycles. The summed E-state index contributed by atoms with van der Waals surface area (Å²) in [6.07, 6.45) is 3.49. The number of hydrogen-bond donors (Lipinski definition) is 0. The van der Waals surface area contributed by atoms with Gasteiger partial charge in [0, 0.05) is 11.4 Å². The summed E-state index contributed by atoms with van der Waals surface area (Å²) in [7, 11) is 0. The molecule has 110 valence electrons. The summed E-state index contributed by atoms with van der Waals surface area (Å²) in [6, 6.07) is 4.45. The Morgan fingerprint density at radius 2 is 2.14 bits per heavy atom. The topological polar surface area (TPSA) is 20.3 Å². The van der Waals surface area contributed by atoms with E-state index in [1.54, 1.807) is 11.3 Å². The zero-order valence-electron chi connectivity index (χ0n) is 11.1. The standard InChI is InChI=1S/C15H13Br2NOS2/c16-12-7-10(14(17)21-12)15(19)18-5-3-11-9(4-6-20-11)13(18)8-1-2-8/h4,6-8,13H,1-3,5H2. The van der Waals surface area contributed by atoms with Crippen molar-refractivity contribution in [2.45, 2.75) is 25.3 Å². The molecule has 0 radical (unpaired) electrons. The van der Waals surface area contributed by atoms with Crippen LogP contribution in [0.3, 0.4) is 0 Å². The second-order valence-electron chi connectivity index (χ2n) is 5.57. The molecule has 1 unspecified atom stereocenters. The first-order chi connectivity index (χ1) is 10.1. The number of amides is 1. The predicted octanol–water partition coefficient (Wildman–Crippen LogP) is 5.48. The lowest BCUT2D eigenvalue weighted by molar-refractivity contribution is 0.0636. The first-order valence-corrected chi connectivity index (χ1v) is 10.3. The molecule has 1 atom stereocenters. The molecule has 0 bridgehead atoms. The second-order valence-corrected chi connectivity index (χ2v) is 10.3. The number of halogens is 2. The van der Waals surface area contributed by atoms with Gasteiger partial charge in [0.2, 0.25) is 0 Å². The highest BCUT2D eigenvalue weighted by Crippen LogP contribution is 2.49. The lowest BCUT2D eigenvalue weighted by Gasteiger charge is -2.36. The van der Waals surface area contributed by atoms with Gasteiger partial charge in [0.25, 0.3) is 5.91 Å². The Morgan fingerprint density at radius 3 is 2.81 bits per heavy atom. The van der Waals surface area contributed by atoms with Crippen LogP contribution in [-0.4, -0.2) is 17.4 Å². The van der Waals surface area contributed by atoms with Crippen LogP contribution in [0.5, 0.6) is 0 Å². The van der Waals surface area contributed by atoms with Gasteiger partial charge >= 0.3 is 0 Å². The van der Waals surface area contributed by atoms with Crippen molar-refractivity contribution in [3.8, 4) is 0 Å². The second kappa shape index (κ2) is 5.48. The molecule has 0 spiro atoms. The van der Waals surface area contributed by atoms with E-state index in [1.807, 2.05) is 17.4 Å². The Morgan fingerprint density at radius 1 is 1.33 bits per heavy atom. The summed E-state index contributed by atoms with van der Waals surface area (Å²) < 4.78 is 1.92. The molecule has 21 heavy (non-hydrogen) atoms. The fraction of sp³-hybridized carbons (Fsp3) is 0.400. The zero-order chi connectivity index (χ0) is 14.6. The summed E-state index contributed by atoms with van der Waals surface area (Å²) >= 11 is 10.4. The van der Waals surface area contributed by atoms with Crippen LogP contribution in [0.4, 0.5) is 0 Å². The van der Waals surface area contributed by atoms with Crippen LogP contribution in [0.25, 0.3) is 0 Å². The smallest absolute Gasteiger partial charge is 0.256 e. The third kappa shape index (κ3) is 2.54. The minimum absolute atomic E-state index is 0.164. The first kappa shape index (κ1) is 14.4. The summed E-state index contributed by atoms with van der Waals surface area (Å²) in [6.45, 7) is 0.841. The van der Waals surface area contributed by atoms with Crippen molar-refractivity contribution < 1.29 is 4.79 Å². The van der Waals surface area contributed by atoms with Crippen molar-refractivity contribution in [2.24, 2.45) is 5.92 Å². The molecular formula is C15H13Br2NOS2. The van der Waals surface area contributed by atoms with Gasteiger partial charge in [-0.3, -0.25) is 4.79 Å². The maximum absolute atomic E-state index is 13.0. The van der Waals surface area contributed by atoms with Crippen molar-refractivity contribution in [3.05, 3.63) is 41.1 Å². The minimum Gasteiger partial charge on any atom is -0.331 e. The molecule has 0 aromatic carbocycles. The van der Waals surface area contributed by atoms with Crippen LogP contribution in [0, 0.1) is 5.92 Å². The Kier molecular flexibility index (Phi) is 3.76. The number of carbonyl (C=O) groups excluding carboxylic acids is 1. The van der Waals surface area contributed by atoms with Gasteiger partial charge in [-0.15, -0.1) is 22.7 Å². The van der Waals surface area contributed by atoms with Gasteiger partial charge < -0.3 is 4.90 Å². The summed E-state index contributed by atoms with van der Waals surface area (Å²) in [5.74, 6) is 0.820. The van der Waals surface area contributed by atoms with Crippen molar-refractivity contribution in [2.75, 3.05) is 6.54 Å². The van der Waals surface area contributed by atoms with Crippen molar-refractivity contribution >= 4 is 60.4 Å². The molecule has 1 fully saturated rings. The van der Waals surface area contributed by atoms with E-state index in [-0.39, 0.29) is 11.9 Å². The lowest BCUT2D eigenvalue weighted by Crippen LogP contribution is -2.40. The lowest BCUT2D eigenvalue weighted by atomic mass is 9.95. The number of nitrogens with zero attached hydrogens (tertiary/aromatic N) is 1. The predicted molar refractivity (Wildman–Crippen MR) is 94.2 cm³/mol. The van der Waals surface area contributed by atoms with E-state index < -0.39 is 0 Å². The molecule has 2 nitrogen and oxygen atoms in total. The van der Waals surface area contributed by atoms with Crippen LogP contribution >= 0.6 is 54.5 Å². The molecule has 4 rings (SSSR count). The van der Waals surface area contributed by atoms with Crippen molar-refractivity contribution in [1.82, 2.24) is 4.90 Å². The van der Waals surface area contributed by atoms with Crippen LogP contribution in [-0.2, 0) is 6.42 Å². The molecule has 1 aliphatic heterocycles. The Bertz CT molecular complexity index is 704. The maximum Gasteiger partial charge on any atom is 0.256 e. The van der Waals surface area contributed by atoms with E-state index in [0.29, 0.717) is 5.92 Å². The van der Waals surface area contributed by atoms with Crippen molar-refractivity contribution in [3.63, 3.8) is 0 Å². The quantitative estimate of drug-likeness (QED) is 0.597. The highest BCUT2D eigenvalue weighted by molar-refractivity contribution is 9.12. The van der Waals surface area contributed by atoms with E-state index in [2.05, 4.69) is 48.2 Å². The Labute approximate surface area is 148 Å². The van der Waals surface area contributed by atoms with E-state index in [4.69, 9.17) is 0 Å². The third-order valence-corrected chi connectivity index (χ3v) is 7.57. The van der Waals surface area contributed by atoms with Gasteiger partial charge in [-0.05, 0) is 80.1 Å². The molecule has 6 heteroatoms. The monoisotopic (exact) mass is 445 g/mol. The van der Waals surface area contributed by atoms with E-state index in [0.717, 1.165) is 26.1 Å². The van der Waals surface area contributed by atoms with E-state index >= 15 is 0 Å². The highest BCUT2D eigenvalue weighted by atomic mass is 79.9. The minimum atomic E-state index is 0.164. The molecule has 1 saturated carbocycles. The largest absolute Gasteiger partial charge is 0.331 e. The average molecular weight is 447 g/mol. The molecule has 0 N–H and O–H groups in total. The van der Waals surface area contributed by atoms with Crippen LogP contribution in [0.1, 0.15) is 39.7 Å². The maximum atomic E-state index is 13.0. The average Bonchev–Trinajstić information content (AvgIpc) is 3.08. The summed E-state index contributed by atoms with van der Waals surface area (Å²) in [4.78, 5) is 16.6. The number of rotatable bonds is 2. The molecular weight excluding hydrogens is 434 g/mol. The molecule has 2 aromatic heterocycles. The Balaban J connectivity index is 1.71. The molecule has 1 aliphatic carbocycles. The van der Waals surface area contributed by atoms with Crippen LogP contribution in [0.2, 0.25) is 0 Å². The highest BCUT2D eigenvalue weighted by Gasteiger charge is 2.42. The normalized spacial score (nSPS) is 21.4. The van der Waals surface area contributed by atoms with E-state index in [9.17, 15) is 4.79 Å². The van der Waals surface area contributed by atoms with Crippen LogP contribution < -0.4 is 0 Å². The summed E-state index contributed by atoms with van der Waals surface area (Å²) in [5.41, 5.74) is 2.18. The molecule has 2 aromatic rings. The SMILES string of the molecule is O=C(c1cc(Br)sc1Br)N1CCc2sccc2C1C1CC1. The van der Waals surface area contributed by atoms with Crippen molar-refractivity contribution in [1.29, 1.82) is 0 Å². The molecule has 1 amide bonds. The number of hydrogen-bond acceptors (Lipinski definition) is 3. The number of fused-ring (bicyclic) bond motifs is 1. The van der Waals surface area contributed by atoms with Gasteiger partial charge in [-0.2, -0.15) is 0 Å². The van der Waals surface area contributed by atoms with Gasteiger partial charge in [-0.1, -0.05) is 0 Å². The number of thiophene rings is 2. The third-order valence-electron chi connectivity index (χ3n) is 4.23. The van der Waals surface area contributed by atoms with Gasteiger partial charge in [0.05, 0.1) is 19.2 Å². The zero-order valence-corrected chi connectivity index (χ0v) is 15.9. The number of carbonyl (C=O) groups is 1. The fourth-order valence-electron chi connectivity index (χ4n) is 3.14. The van der Waals surface area contributed by atoms with Gasteiger partial charge in [0.15, 0.2) is 0 Å². The fourth-order valence-corrected chi connectivity index (χ4v) is 6.83. The van der Waals surface area contributed by atoms with Crippen LogP contribution in [0.15, 0.2) is 25.1 Å². The van der Waals surface area contributed by atoms with Gasteiger partial charge in [0.1, 0.15) is 0 Å².